The van der Waals surface area contributed by atoms with Gasteiger partial charge in [0.25, 0.3) is 0 Å². The SMILES string of the molecule is COC(=O)C1C=NN(c2cc(C)c(C#N)cn2)C1(C)OC. The third-order valence-corrected chi connectivity index (χ3v) is 3.63. The Morgan fingerprint density at radius 3 is 2.76 bits per heavy atom. The molecule has 1 aromatic rings. The van der Waals surface area contributed by atoms with Crippen LogP contribution in [-0.2, 0) is 14.3 Å². The van der Waals surface area contributed by atoms with Crippen molar-refractivity contribution < 1.29 is 14.3 Å². The monoisotopic (exact) mass is 288 g/mol. The van der Waals surface area contributed by atoms with Crippen LogP contribution < -0.4 is 5.01 Å². The maximum atomic E-state index is 11.8. The first-order valence-corrected chi connectivity index (χ1v) is 6.32. The second-order valence-electron chi connectivity index (χ2n) is 4.81. The maximum Gasteiger partial charge on any atom is 0.319 e. The van der Waals surface area contributed by atoms with Crippen LogP contribution in [0.2, 0.25) is 0 Å². The number of aromatic nitrogens is 1. The molecular formula is C14H16N4O3. The summed E-state index contributed by atoms with van der Waals surface area (Å²) in [6, 6.07) is 3.79. The minimum atomic E-state index is -1.03. The minimum absolute atomic E-state index is 0.434. The lowest BCUT2D eigenvalue weighted by Crippen LogP contribution is -2.50. The largest absolute Gasteiger partial charge is 0.468 e. The topological polar surface area (TPSA) is 87.8 Å². The van der Waals surface area contributed by atoms with E-state index in [1.54, 1.807) is 13.0 Å². The number of rotatable bonds is 3. The molecule has 0 spiro atoms. The van der Waals surface area contributed by atoms with E-state index in [1.165, 1.54) is 31.6 Å². The quantitative estimate of drug-likeness (QED) is 0.777. The zero-order chi connectivity index (χ0) is 15.6. The Kier molecular flexibility index (Phi) is 3.91. The third kappa shape index (κ3) is 2.34. The summed E-state index contributed by atoms with van der Waals surface area (Å²) < 4.78 is 10.3. The summed E-state index contributed by atoms with van der Waals surface area (Å²) in [6.07, 6.45) is 2.95. The Hall–Kier alpha value is -2.46. The molecule has 2 atom stereocenters. The molecule has 7 heteroatoms. The molecule has 2 rings (SSSR count). The van der Waals surface area contributed by atoms with E-state index in [2.05, 4.69) is 16.2 Å². The van der Waals surface area contributed by atoms with Gasteiger partial charge in [-0.1, -0.05) is 0 Å². The molecule has 0 aromatic carbocycles. The molecule has 0 bridgehead atoms. The predicted molar refractivity (Wildman–Crippen MR) is 75.6 cm³/mol. The summed E-state index contributed by atoms with van der Waals surface area (Å²) in [5.41, 5.74) is 0.240. The summed E-state index contributed by atoms with van der Waals surface area (Å²) in [5, 5.41) is 14.7. The molecule has 0 saturated carbocycles. The van der Waals surface area contributed by atoms with E-state index in [-0.39, 0.29) is 0 Å². The average Bonchev–Trinajstić information content (AvgIpc) is 2.84. The summed E-state index contributed by atoms with van der Waals surface area (Å²) in [6.45, 7) is 3.54. The Balaban J connectivity index is 2.41. The van der Waals surface area contributed by atoms with Crippen LogP contribution in [0, 0.1) is 24.2 Å². The van der Waals surface area contributed by atoms with E-state index in [4.69, 9.17) is 14.7 Å². The van der Waals surface area contributed by atoms with Crippen LogP contribution >= 0.6 is 0 Å². The summed E-state index contributed by atoms with van der Waals surface area (Å²) >= 11 is 0. The summed E-state index contributed by atoms with van der Waals surface area (Å²) in [5.74, 6) is -0.597. The van der Waals surface area contributed by atoms with Crippen LogP contribution in [0.1, 0.15) is 18.1 Å². The number of hydrazone groups is 1. The zero-order valence-corrected chi connectivity index (χ0v) is 12.3. The van der Waals surface area contributed by atoms with Crippen molar-refractivity contribution in [3.63, 3.8) is 0 Å². The summed E-state index contributed by atoms with van der Waals surface area (Å²) in [7, 11) is 2.81. The minimum Gasteiger partial charge on any atom is -0.468 e. The van der Waals surface area contributed by atoms with Gasteiger partial charge in [0, 0.05) is 19.5 Å². The van der Waals surface area contributed by atoms with Crippen LogP contribution in [-0.4, -0.2) is 37.1 Å². The van der Waals surface area contributed by atoms with Gasteiger partial charge in [-0.2, -0.15) is 10.4 Å². The van der Waals surface area contributed by atoms with Gasteiger partial charge in [0.1, 0.15) is 12.0 Å². The molecule has 0 saturated heterocycles. The van der Waals surface area contributed by atoms with Crippen molar-refractivity contribution in [1.82, 2.24) is 4.98 Å². The van der Waals surface area contributed by atoms with Gasteiger partial charge in [-0.3, -0.25) is 4.79 Å². The molecule has 21 heavy (non-hydrogen) atoms. The lowest BCUT2D eigenvalue weighted by atomic mass is 9.99. The Labute approximate surface area is 122 Å². The maximum absolute atomic E-state index is 11.8. The molecule has 1 aliphatic rings. The van der Waals surface area contributed by atoms with Gasteiger partial charge < -0.3 is 9.47 Å². The molecular weight excluding hydrogens is 272 g/mol. The number of esters is 1. The van der Waals surface area contributed by atoms with E-state index in [0.717, 1.165) is 5.56 Å². The smallest absolute Gasteiger partial charge is 0.319 e. The number of nitrogens with zero attached hydrogens (tertiary/aromatic N) is 4. The number of pyridine rings is 1. The number of aryl methyl sites for hydroxylation is 1. The normalized spacial score (nSPS) is 24.0. The number of nitriles is 1. The first-order chi connectivity index (χ1) is 9.97. The predicted octanol–water partition coefficient (Wildman–Crippen LogP) is 1.22. The van der Waals surface area contributed by atoms with E-state index in [9.17, 15) is 4.79 Å². The van der Waals surface area contributed by atoms with Gasteiger partial charge in [-0.15, -0.1) is 0 Å². The number of carbonyl (C=O) groups excluding carboxylic acids is 1. The molecule has 2 unspecified atom stereocenters. The highest BCUT2D eigenvalue weighted by atomic mass is 16.5. The number of anilines is 1. The standard InChI is InChI=1S/C14H16N4O3/c1-9-5-12(16-7-10(9)6-15)18-14(2,21-4)11(8-17-18)13(19)20-3/h5,7-8,11H,1-4H3. The number of hydrogen-bond donors (Lipinski definition) is 0. The van der Waals surface area contributed by atoms with Crippen LogP contribution in [0.15, 0.2) is 17.4 Å². The van der Waals surface area contributed by atoms with Gasteiger partial charge in [-0.25, -0.2) is 9.99 Å². The van der Waals surface area contributed by atoms with Crippen LogP contribution in [0.25, 0.3) is 0 Å². The second-order valence-corrected chi connectivity index (χ2v) is 4.81. The molecule has 1 aliphatic heterocycles. The molecule has 0 aliphatic carbocycles. The fourth-order valence-corrected chi connectivity index (χ4v) is 2.20. The van der Waals surface area contributed by atoms with Crippen LogP contribution in [0.5, 0.6) is 0 Å². The Morgan fingerprint density at radius 1 is 1.52 bits per heavy atom. The van der Waals surface area contributed by atoms with Gasteiger partial charge in [0.05, 0.1) is 12.7 Å². The molecule has 0 amide bonds. The highest BCUT2D eigenvalue weighted by Gasteiger charge is 2.49. The summed E-state index contributed by atoms with van der Waals surface area (Å²) in [4.78, 5) is 16.1. The van der Waals surface area contributed by atoms with E-state index in [1.807, 2.05) is 6.92 Å². The average molecular weight is 288 g/mol. The molecule has 0 N–H and O–H groups in total. The molecule has 0 radical (unpaired) electrons. The number of carbonyl (C=O) groups is 1. The molecule has 7 nitrogen and oxygen atoms in total. The lowest BCUT2D eigenvalue weighted by molar-refractivity contribution is -0.150. The van der Waals surface area contributed by atoms with Crippen molar-refractivity contribution in [3.8, 4) is 6.07 Å². The van der Waals surface area contributed by atoms with E-state index in [0.29, 0.717) is 11.4 Å². The van der Waals surface area contributed by atoms with Crippen molar-refractivity contribution in [2.75, 3.05) is 19.2 Å². The highest BCUT2D eigenvalue weighted by molar-refractivity contribution is 5.94. The first kappa shape index (κ1) is 14.9. The van der Waals surface area contributed by atoms with Gasteiger partial charge >= 0.3 is 5.97 Å². The van der Waals surface area contributed by atoms with Gasteiger partial charge in [-0.05, 0) is 25.5 Å². The van der Waals surface area contributed by atoms with Crippen LogP contribution in [0.3, 0.4) is 0 Å². The lowest BCUT2D eigenvalue weighted by Gasteiger charge is -2.35. The fourth-order valence-electron chi connectivity index (χ4n) is 2.20. The first-order valence-electron chi connectivity index (χ1n) is 6.32. The Morgan fingerprint density at radius 2 is 2.24 bits per heavy atom. The third-order valence-electron chi connectivity index (χ3n) is 3.63. The van der Waals surface area contributed by atoms with Crippen molar-refractivity contribution in [2.45, 2.75) is 19.6 Å². The van der Waals surface area contributed by atoms with Crippen molar-refractivity contribution in [2.24, 2.45) is 11.0 Å². The number of methoxy groups -OCH3 is 2. The van der Waals surface area contributed by atoms with Gasteiger partial charge in [0.15, 0.2) is 11.5 Å². The van der Waals surface area contributed by atoms with Crippen molar-refractivity contribution in [1.29, 1.82) is 5.26 Å². The van der Waals surface area contributed by atoms with E-state index >= 15 is 0 Å². The molecule has 110 valence electrons. The van der Waals surface area contributed by atoms with Crippen LogP contribution in [0.4, 0.5) is 5.82 Å². The van der Waals surface area contributed by atoms with Gasteiger partial charge in [0.2, 0.25) is 0 Å². The molecule has 1 aromatic heterocycles. The molecule has 2 heterocycles. The van der Waals surface area contributed by atoms with Crippen molar-refractivity contribution >= 4 is 18.0 Å². The fraction of sp³-hybridized carbons (Fsp3) is 0.429. The number of hydrogen-bond acceptors (Lipinski definition) is 7. The number of ether oxygens (including phenoxy) is 2. The Bertz CT molecular complexity index is 638. The highest BCUT2D eigenvalue weighted by Crippen LogP contribution is 2.35. The second kappa shape index (κ2) is 5.50. The zero-order valence-electron chi connectivity index (χ0n) is 12.3. The molecule has 0 fully saturated rings. The van der Waals surface area contributed by atoms with E-state index < -0.39 is 17.6 Å². The van der Waals surface area contributed by atoms with Crippen molar-refractivity contribution in [3.05, 3.63) is 23.4 Å².